The molecule has 5 rings (SSSR count). The minimum atomic E-state index is -0.259. The van der Waals surface area contributed by atoms with E-state index < -0.39 is 0 Å². The largest absolute Gasteiger partial charge is 0.497 e. The van der Waals surface area contributed by atoms with Crippen molar-refractivity contribution in [3.63, 3.8) is 0 Å². The van der Waals surface area contributed by atoms with Crippen LogP contribution in [0.1, 0.15) is 5.69 Å². The Morgan fingerprint density at radius 2 is 1.70 bits per heavy atom. The number of nitrogens with zero attached hydrogens (tertiary/aromatic N) is 5. The Labute approximate surface area is 179 Å². The minimum Gasteiger partial charge on any atom is -0.497 e. The molecule has 0 amide bonds. The van der Waals surface area contributed by atoms with Gasteiger partial charge in [0.25, 0.3) is 5.56 Å². The SMILES string of the molecule is COc1ccc(-n2ccc3c(nnc4c(-c5ccc(Br)cc5)c(C)nn43)c2=O)cc1. The molecule has 0 saturated carbocycles. The predicted molar refractivity (Wildman–Crippen MR) is 118 cm³/mol. The second kappa shape index (κ2) is 7.07. The van der Waals surface area contributed by atoms with Gasteiger partial charge in [0.05, 0.1) is 18.4 Å². The van der Waals surface area contributed by atoms with Crippen LogP contribution in [0.25, 0.3) is 33.5 Å². The zero-order valence-corrected chi connectivity index (χ0v) is 17.8. The number of ether oxygens (including phenoxy) is 1. The molecule has 2 aromatic carbocycles. The van der Waals surface area contributed by atoms with Crippen molar-refractivity contribution in [1.82, 2.24) is 24.4 Å². The lowest BCUT2D eigenvalue weighted by Crippen LogP contribution is -2.20. The molecule has 0 aliphatic rings. The Morgan fingerprint density at radius 1 is 0.967 bits per heavy atom. The maximum absolute atomic E-state index is 13.1. The van der Waals surface area contributed by atoms with Crippen molar-refractivity contribution in [1.29, 1.82) is 0 Å². The van der Waals surface area contributed by atoms with Gasteiger partial charge < -0.3 is 4.74 Å². The number of aromatic nitrogens is 5. The van der Waals surface area contributed by atoms with Crippen LogP contribution >= 0.6 is 15.9 Å². The first-order valence-corrected chi connectivity index (χ1v) is 10.0. The number of benzene rings is 2. The molecule has 0 radical (unpaired) electrons. The van der Waals surface area contributed by atoms with E-state index >= 15 is 0 Å². The summed E-state index contributed by atoms with van der Waals surface area (Å²) in [5.74, 6) is 0.724. The molecule has 0 atom stereocenters. The van der Waals surface area contributed by atoms with E-state index in [1.165, 1.54) is 4.57 Å². The monoisotopic (exact) mass is 461 g/mol. The highest BCUT2D eigenvalue weighted by Gasteiger charge is 2.17. The van der Waals surface area contributed by atoms with Crippen molar-refractivity contribution in [3.05, 3.63) is 81.3 Å². The van der Waals surface area contributed by atoms with Crippen molar-refractivity contribution in [3.8, 4) is 22.6 Å². The molecule has 0 unspecified atom stereocenters. The maximum Gasteiger partial charge on any atom is 0.285 e. The van der Waals surface area contributed by atoms with Crippen molar-refractivity contribution < 1.29 is 4.74 Å². The fourth-order valence-corrected chi connectivity index (χ4v) is 3.82. The summed E-state index contributed by atoms with van der Waals surface area (Å²) < 4.78 is 9.41. The molecule has 5 aromatic rings. The Bertz CT molecular complexity index is 1450. The molecule has 148 valence electrons. The molecular weight excluding hydrogens is 446 g/mol. The molecule has 30 heavy (non-hydrogen) atoms. The number of halogens is 1. The summed E-state index contributed by atoms with van der Waals surface area (Å²) in [7, 11) is 1.60. The quantitative estimate of drug-likeness (QED) is 0.402. The number of methoxy groups -OCH3 is 1. The lowest BCUT2D eigenvalue weighted by atomic mass is 10.1. The Kier molecular flexibility index (Phi) is 4.36. The van der Waals surface area contributed by atoms with E-state index in [4.69, 9.17) is 4.74 Å². The summed E-state index contributed by atoms with van der Waals surface area (Å²) >= 11 is 3.46. The average molecular weight is 462 g/mol. The van der Waals surface area contributed by atoms with Gasteiger partial charge in [-0.15, -0.1) is 10.2 Å². The first-order chi connectivity index (χ1) is 14.6. The number of hydrogen-bond acceptors (Lipinski definition) is 5. The smallest absolute Gasteiger partial charge is 0.285 e. The van der Waals surface area contributed by atoms with Crippen LogP contribution < -0.4 is 10.3 Å². The van der Waals surface area contributed by atoms with Gasteiger partial charge >= 0.3 is 0 Å². The van der Waals surface area contributed by atoms with Gasteiger partial charge in [-0.25, -0.2) is 4.52 Å². The zero-order chi connectivity index (χ0) is 20.8. The van der Waals surface area contributed by atoms with E-state index in [2.05, 4.69) is 31.2 Å². The van der Waals surface area contributed by atoms with Crippen LogP contribution in [0.5, 0.6) is 5.75 Å². The average Bonchev–Trinajstić information content (AvgIpc) is 3.11. The van der Waals surface area contributed by atoms with Crippen LogP contribution in [0.3, 0.4) is 0 Å². The molecule has 0 fully saturated rings. The van der Waals surface area contributed by atoms with E-state index in [0.717, 1.165) is 32.7 Å². The number of rotatable bonds is 3. The van der Waals surface area contributed by atoms with E-state index in [1.54, 1.807) is 17.8 Å². The van der Waals surface area contributed by atoms with Gasteiger partial charge in [0, 0.05) is 16.4 Å². The van der Waals surface area contributed by atoms with E-state index in [0.29, 0.717) is 11.2 Å². The topological polar surface area (TPSA) is 74.3 Å². The molecule has 3 aromatic heterocycles. The number of hydrogen-bond donors (Lipinski definition) is 0. The van der Waals surface area contributed by atoms with Gasteiger partial charge in [0.2, 0.25) is 0 Å². The van der Waals surface area contributed by atoms with Gasteiger partial charge in [0.15, 0.2) is 11.2 Å². The Balaban J connectivity index is 1.71. The van der Waals surface area contributed by atoms with Gasteiger partial charge in [0.1, 0.15) is 11.3 Å². The lowest BCUT2D eigenvalue weighted by Gasteiger charge is -2.08. The normalized spacial score (nSPS) is 11.3. The molecule has 0 aliphatic carbocycles. The summed E-state index contributed by atoms with van der Waals surface area (Å²) in [5, 5.41) is 13.3. The molecular formula is C22H16BrN5O2. The van der Waals surface area contributed by atoms with E-state index in [-0.39, 0.29) is 11.1 Å². The van der Waals surface area contributed by atoms with Crippen LogP contribution in [-0.4, -0.2) is 31.5 Å². The van der Waals surface area contributed by atoms with E-state index in [9.17, 15) is 4.79 Å². The van der Waals surface area contributed by atoms with E-state index in [1.807, 2.05) is 61.5 Å². The summed E-state index contributed by atoms with van der Waals surface area (Å²) in [4.78, 5) is 13.1. The third-order valence-corrected chi connectivity index (χ3v) is 5.57. The first-order valence-electron chi connectivity index (χ1n) is 9.24. The van der Waals surface area contributed by atoms with Gasteiger partial charge in [-0.1, -0.05) is 28.1 Å². The van der Waals surface area contributed by atoms with Gasteiger partial charge in [-0.2, -0.15) is 5.10 Å². The first kappa shape index (κ1) is 18.5. The van der Waals surface area contributed by atoms with Gasteiger partial charge in [-0.3, -0.25) is 9.36 Å². The molecule has 0 bridgehead atoms. The maximum atomic E-state index is 13.1. The summed E-state index contributed by atoms with van der Waals surface area (Å²) in [5.41, 5.74) is 4.65. The standard InChI is InChI=1S/C22H16BrN5O2/c1-13-19(14-3-5-15(23)6-4-14)21-25-24-20-18(28(21)26-13)11-12-27(22(20)29)16-7-9-17(30-2)10-8-16/h3-12H,1-2H3. The summed E-state index contributed by atoms with van der Waals surface area (Å²) in [6, 6.07) is 17.0. The summed E-state index contributed by atoms with van der Waals surface area (Å²) in [6.45, 7) is 1.93. The molecule has 0 aliphatic heterocycles. The number of pyridine rings is 1. The number of fused-ring (bicyclic) bond motifs is 3. The molecule has 8 heteroatoms. The Morgan fingerprint density at radius 3 is 2.40 bits per heavy atom. The van der Waals surface area contributed by atoms with Crippen LogP contribution in [0.4, 0.5) is 0 Å². The minimum absolute atomic E-state index is 0.255. The second-order valence-electron chi connectivity index (χ2n) is 6.83. The Hall–Kier alpha value is -3.52. The highest BCUT2D eigenvalue weighted by molar-refractivity contribution is 9.10. The summed E-state index contributed by atoms with van der Waals surface area (Å²) in [6.07, 6.45) is 1.73. The zero-order valence-electron chi connectivity index (χ0n) is 16.2. The fraction of sp³-hybridized carbons (Fsp3) is 0.0909. The van der Waals surface area contributed by atoms with Crippen LogP contribution in [0.2, 0.25) is 0 Å². The third kappa shape index (κ3) is 2.88. The van der Waals surface area contributed by atoms with Crippen molar-refractivity contribution in [2.24, 2.45) is 0 Å². The van der Waals surface area contributed by atoms with Crippen LogP contribution in [-0.2, 0) is 0 Å². The highest BCUT2D eigenvalue weighted by atomic mass is 79.9. The van der Waals surface area contributed by atoms with Gasteiger partial charge in [-0.05, 0) is 55.0 Å². The van der Waals surface area contributed by atoms with Crippen molar-refractivity contribution >= 4 is 32.6 Å². The second-order valence-corrected chi connectivity index (χ2v) is 7.74. The molecule has 0 N–H and O–H groups in total. The van der Waals surface area contributed by atoms with Crippen LogP contribution in [0.15, 0.2) is 70.1 Å². The fourth-order valence-electron chi connectivity index (χ4n) is 3.55. The highest BCUT2D eigenvalue weighted by Crippen LogP contribution is 2.29. The number of aryl methyl sites for hydroxylation is 1. The third-order valence-electron chi connectivity index (χ3n) is 5.04. The van der Waals surface area contributed by atoms with Crippen LogP contribution in [0, 0.1) is 6.92 Å². The van der Waals surface area contributed by atoms with Crippen molar-refractivity contribution in [2.75, 3.05) is 7.11 Å². The molecule has 0 saturated heterocycles. The predicted octanol–water partition coefficient (Wildman–Crippen LogP) is 4.17. The molecule has 7 nitrogen and oxygen atoms in total. The molecule has 0 spiro atoms. The lowest BCUT2D eigenvalue weighted by molar-refractivity contribution is 0.414. The molecule has 3 heterocycles. The van der Waals surface area contributed by atoms with Crippen molar-refractivity contribution in [2.45, 2.75) is 6.92 Å².